The van der Waals surface area contributed by atoms with Crippen molar-refractivity contribution in [2.24, 2.45) is 5.92 Å². The van der Waals surface area contributed by atoms with E-state index in [-0.39, 0.29) is 28.4 Å². The summed E-state index contributed by atoms with van der Waals surface area (Å²) in [5, 5.41) is 5.84. The zero-order valence-corrected chi connectivity index (χ0v) is 25.6. The average Bonchev–Trinajstić information content (AvgIpc) is 3.58. The van der Waals surface area contributed by atoms with Crippen molar-refractivity contribution < 1.29 is 54.6 Å². The minimum absolute atomic E-state index is 0.0881. The van der Waals surface area contributed by atoms with Gasteiger partial charge in [0.2, 0.25) is 5.91 Å². The molecule has 3 aromatic rings. The van der Waals surface area contributed by atoms with Gasteiger partial charge in [-0.25, -0.2) is 22.4 Å². The van der Waals surface area contributed by atoms with Crippen LogP contribution in [-0.4, -0.2) is 40.8 Å². The predicted octanol–water partition coefficient (Wildman–Crippen LogP) is 7.39. The summed E-state index contributed by atoms with van der Waals surface area (Å²) >= 11 is 18.5. The molecule has 3 atom stereocenters. The maximum atomic E-state index is 15.1. The van der Waals surface area contributed by atoms with Gasteiger partial charge in [-0.05, 0) is 55.0 Å². The molecular formula is C29H19Cl3F7N3O5. The summed E-state index contributed by atoms with van der Waals surface area (Å²) in [6.07, 6.45) is -7.94. The van der Waals surface area contributed by atoms with Gasteiger partial charge in [-0.2, -0.15) is 13.2 Å². The van der Waals surface area contributed by atoms with E-state index in [4.69, 9.17) is 34.8 Å². The smallest absolute Gasteiger partial charge is 0.419 e. The molecule has 0 radical (unpaired) electrons. The SMILES string of the molecule is CCOC(=O)C(F)C(=O)Nc1c(F)ccc(NC(=O)c2cc(NC(=O)[C@H]3[C@H](c4ccc(F)c(C(F)(F)F)c4)C3(Cl)Cl)ccc2Cl)c1F. The lowest BCUT2D eigenvalue weighted by Crippen LogP contribution is -2.33. The minimum Gasteiger partial charge on any atom is -0.463 e. The van der Waals surface area contributed by atoms with Crippen molar-refractivity contribution in [2.45, 2.75) is 29.5 Å². The van der Waals surface area contributed by atoms with E-state index in [2.05, 4.69) is 15.4 Å². The number of hydrogen-bond donors (Lipinski definition) is 3. The normalized spacial score (nSPS) is 17.3. The number of hydrogen-bond acceptors (Lipinski definition) is 5. The van der Waals surface area contributed by atoms with E-state index in [1.54, 1.807) is 5.32 Å². The van der Waals surface area contributed by atoms with Gasteiger partial charge < -0.3 is 20.7 Å². The topological polar surface area (TPSA) is 114 Å². The molecule has 1 aliphatic rings. The fraction of sp³-hybridized carbons (Fsp3) is 0.241. The second-order valence-corrected chi connectivity index (χ2v) is 11.7. The quantitative estimate of drug-likeness (QED) is 0.0921. The molecule has 1 unspecified atom stereocenters. The molecule has 0 aliphatic heterocycles. The Morgan fingerprint density at radius 2 is 1.60 bits per heavy atom. The summed E-state index contributed by atoms with van der Waals surface area (Å²) in [4.78, 5) is 49.5. The zero-order chi connectivity index (χ0) is 35.0. The van der Waals surface area contributed by atoms with Crippen LogP contribution in [0.25, 0.3) is 0 Å². The number of rotatable bonds is 9. The van der Waals surface area contributed by atoms with Crippen molar-refractivity contribution in [1.82, 2.24) is 0 Å². The Hall–Kier alpha value is -4.08. The second kappa shape index (κ2) is 13.6. The second-order valence-electron chi connectivity index (χ2n) is 9.89. The first-order valence-electron chi connectivity index (χ1n) is 13.1. The van der Waals surface area contributed by atoms with Gasteiger partial charge in [0.05, 0.1) is 34.4 Å². The van der Waals surface area contributed by atoms with Crippen molar-refractivity contribution in [3.05, 3.63) is 87.7 Å². The van der Waals surface area contributed by atoms with Crippen LogP contribution in [-0.2, 0) is 25.3 Å². The van der Waals surface area contributed by atoms with Gasteiger partial charge in [-0.3, -0.25) is 14.4 Å². The number of esters is 1. The Morgan fingerprint density at radius 1 is 0.936 bits per heavy atom. The number of benzene rings is 3. The highest BCUT2D eigenvalue weighted by molar-refractivity contribution is 6.53. The molecule has 1 saturated carbocycles. The molecule has 47 heavy (non-hydrogen) atoms. The van der Waals surface area contributed by atoms with Crippen molar-refractivity contribution >= 4 is 75.6 Å². The van der Waals surface area contributed by atoms with Crippen molar-refractivity contribution in [3.63, 3.8) is 0 Å². The Labute approximate surface area is 275 Å². The average molecular weight is 729 g/mol. The lowest BCUT2D eigenvalue weighted by atomic mass is 10.0. The van der Waals surface area contributed by atoms with E-state index in [1.165, 1.54) is 13.0 Å². The summed E-state index contributed by atoms with van der Waals surface area (Å²) in [5.41, 5.74) is -4.09. The molecule has 0 aromatic heterocycles. The van der Waals surface area contributed by atoms with E-state index < -0.39 is 86.6 Å². The molecule has 1 fully saturated rings. The summed E-state index contributed by atoms with van der Waals surface area (Å²) in [7, 11) is 0. The van der Waals surface area contributed by atoms with E-state index >= 15 is 4.39 Å². The Morgan fingerprint density at radius 3 is 2.23 bits per heavy atom. The minimum atomic E-state index is -5.03. The standard InChI is InChI=1S/C29H19Cl3F7N3O5/c1-2-47-27(46)22(36)26(45)42-23-17(34)7-8-18(21(23)35)41-24(43)13-10-12(4-5-15(13)30)40-25(44)20-19(28(20,31)32)11-3-6-16(33)14(9-11)29(37,38)39/h3-10,19-20,22H,2H2,1H3,(H,40,44)(H,41,43)(H,42,45)/t19-,20+,22?/m0/s1. The number of carbonyl (C=O) groups excluding carboxylic acids is 4. The third-order valence-corrected chi connectivity index (χ3v) is 8.05. The molecule has 250 valence electrons. The van der Waals surface area contributed by atoms with Gasteiger partial charge in [0.1, 0.15) is 21.7 Å². The molecule has 0 bridgehead atoms. The summed E-state index contributed by atoms with van der Waals surface area (Å²) in [5.74, 6) is -12.3. The van der Waals surface area contributed by atoms with Crippen molar-refractivity contribution in [3.8, 4) is 0 Å². The lowest BCUT2D eigenvalue weighted by Gasteiger charge is -2.14. The fourth-order valence-corrected chi connectivity index (χ4v) is 5.51. The molecule has 0 spiro atoms. The van der Waals surface area contributed by atoms with Crippen LogP contribution in [0.2, 0.25) is 5.02 Å². The van der Waals surface area contributed by atoms with Crippen LogP contribution >= 0.6 is 34.8 Å². The molecular weight excluding hydrogens is 710 g/mol. The van der Waals surface area contributed by atoms with E-state index in [0.717, 1.165) is 24.3 Å². The number of ether oxygens (including phenoxy) is 1. The van der Waals surface area contributed by atoms with Crippen LogP contribution in [0.15, 0.2) is 48.5 Å². The summed E-state index contributed by atoms with van der Waals surface area (Å²) in [6.45, 7) is 1.07. The van der Waals surface area contributed by atoms with Gasteiger partial charge >= 0.3 is 12.1 Å². The maximum Gasteiger partial charge on any atom is 0.419 e. The van der Waals surface area contributed by atoms with Crippen LogP contribution in [0.5, 0.6) is 0 Å². The van der Waals surface area contributed by atoms with Crippen LogP contribution < -0.4 is 16.0 Å². The largest absolute Gasteiger partial charge is 0.463 e. The number of amides is 3. The highest BCUT2D eigenvalue weighted by Gasteiger charge is 2.67. The molecule has 0 saturated heterocycles. The van der Waals surface area contributed by atoms with Gasteiger partial charge in [0.25, 0.3) is 18.0 Å². The van der Waals surface area contributed by atoms with Crippen LogP contribution in [0.1, 0.15) is 34.3 Å². The monoisotopic (exact) mass is 727 g/mol. The zero-order valence-electron chi connectivity index (χ0n) is 23.4. The maximum absolute atomic E-state index is 15.1. The molecule has 18 heteroatoms. The highest BCUT2D eigenvalue weighted by atomic mass is 35.5. The molecule has 0 heterocycles. The van der Waals surface area contributed by atoms with Gasteiger partial charge in [0, 0.05) is 11.6 Å². The molecule has 1 aliphatic carbocycles. The first kappa shape index (κ1) is 35.8. The number of halogens is 10. The third-order valence-electron chi connectivity index (χ3n) is 6.78. The fourth-order valence-electron chi connectivity index (χ4n) is 4.48. The summed E-state index contributed by atoms with van der Waals surface area (Å²) in [6, 6.07) is 6.90. The van der Waals surface area contributed by atoms with E-state index in [0.29, 0.717) is 18.2 Å². The van der Waals surface area contributed by atoms with Crippen molar-refractivity contribution in [1.29, 1.82) is 0 Å². The van der Waals surface area contributed by atoms with E-state index in [9.17, 15) is 45.5 Å². The van der Waals surface area contributed by atoms with Crippen LogP contribution in [0.3, 0.4) is 0 Å². The first-order chi connectivity index (χ1) is 21.9. The molecule has 3 amide bonds. The number of nitrogens with one attached hydrogen (secondary N) is 3. The molecule has 3 aromatic carbocycles. The Bertz CT molecular complexity index is 1770. The van der Waals surface area contributed by atoms with E-state index in [1.807, 2.05) is 0 Å². The molecule has 4 rings (SSSR count). The molecule has 8 nitrogen and oxygen atoms in total. The number of carbonyl (C=O) groups is 4. The highest BCUT2D eigenvalue weighted by Crippen LogP contribution is 2.65. The molecule has 3 N–H and O–H groups in total. The Kier molecular flexibility index (Phi) is 10.3. The number of alkyl halides is 6. The summed E-state index contributed by atoms with van der Waals surface area (Å²) < 4.78 is 99.2. The lowest BCUT2D eigenvalue weighted by molar-refractivity contribution is -0.152. The first-order valence-corrected chi connectivity index (χ1v) is 14.3. The predicted molar refractivity (Wildman–Crippen MR) is 157 cm³/mol. The number of anilines is 3. The van der Waals surface area contributed by atoms with Crippen LogP contribution in [0, 0.1) is 23.4 Å². The van der Waals surface area contributed by atoms with Gasteiger partial charge in [0.15, 0.2) is 5.82 Å². The van der Waals surface area contributed by atoms with Gasteiger partial charge in [-0.1, -0.05) is 17.7 Å². The van der Waals surface area contributed by atoms with Crippen molar-refractivity contribution in [2.75, 3.05) is 22.6 Å². The Balaban J connectivity index is 1.51. The third kappa shape index (κ3) is 7.57. The van der Waals surface area contributed by atoms with Crippen LogP contribution in [0.4, 0.5) is 47.8 Å². The van der Waals surface area contributed by atoms with Gasteiger partial charge in [-0.15, -0.1) is 23.2 Å².